The highest BCUT2D eigenvalue weighted by Crippen LogP contribution is 2.19. The van der Waals surface area contributed by atoms with E-state index in [9.17, 15) is 19.3 Å². The van der Waals surface area contributed by atoms with Crippen molar-refractivity contribution in [2.75, 3.05) is 12.3 Å². The molecular formula is C15H13FN2O3S. The Hall–Kier alpha value is -2.41. The minimum absolute atomic E-state index is 0.0674. The molecule has 0 saturated heterocycles. The predicted octanol–water partition coefficient (Wildman–Crippen LogP) is 3.26. The molecule has 0 spiro atoms. The lowest BCUT2D eigenvalue weighted by Crippen LogP contribution is -2.25. The van der Waals surface area contributed by atoms with Gasteiger partial charge in [0.25, 0.3) is 5.91 Å². The zero-order valence-electron chi connectivity index (χ0n) is 11.5. The van der Waals surface area contributed by atoms with Crippen molar-refractivity contribution in [1.29, 1.82) is 0 Å². The summed E-state index contributed by atoms with van der Waals surface area (Å²) in [6.45, 7) is 0.406. The second-order valence-corrected chi connectivity index (χ2v) is 5.51. The van der Waals surface area contributed by atoms with Crippen LogP contribution in [0, 0.1) is 15.9 Å². The summed E-state index contributed by atoms with van der Waals surface area (Å²) < 4.78 is 13.2. The Labute approximate surface area is 130 Å². The smallest absolute Gasteiger partial charge is 0.305 e. The number of hydrogen-bond donors (Lipinski definition) is 1. The minimum Gasteiger partial charge on any atom is -0.351 e. The zero-order chi connectivity index (χ0) is 15.9. The highest BCUT2D eigenvalue weighted by molar-refractivity contribution is 7.99. The van der Waals surface area contributed by atoms with Gasteiger partial charge < -0.3 is 5.32 Å². The molecule has 0 saturated carbocycles. The Bertz CT molecular complexity index is 680. The predicted molar refractivity (Wildman–Crippen MR) is 82.6 cm³/mol. The van der Waals surface area contributed by atoms with Gasteiger partial charge in [-0.15, -0.1) is 11.8 Å². The molecule has 2 aromatic rings. The van der Waals surface area contributed by atoms with E-state index in [1.807, 2.05) is 30.3 Å². The van der Waals surface area contributed by atoms with Gasteiger partial charge >= 0.3 is 5.69 Å². The number of nitro groups is 1. The third-order valence-electron chi connectivity index (χ3n) is 2.80. The Morgan fingerprint density at radius 3 is 2.64 bits per heavy atom. The molecule has 2 aromatic carbocycles. The van der Waals surface area contributed by atoms with Crippen molar-refractivity contribution in [3.8, 4) is 0 Å². The first-order valence-electron chi connectivity index (χ1n) is 6.48. The Balaban J connectivity index is 1.87. The van der Waals surface area contributed by atoms with Gasteiger partial charge in [0, 0.05) is 28.8 Å². The van der Waals surface area contributed by atoms with Crippen LogP contribution >= 0.6 is 11.8 Å². The van der Waals surface area contributed by atoms with Crippen LogP contribution in [0.25, 0.3) is 0 Å². The third-order valence-corrected chi connectivity index (χ3v) is 3.82. The lowest BCUT2D eigenvalue weighted by molar-refractivity contribution is -0.387. The SMILES string of the molecule is O=C(NCCSc1ccccc1)c1ccc(F)c([N+](=O)[O-])c1. The molecule has 0 bridgehead atoms. The van der Waals surface area contributed by atoms with Crippen LogP contribution in [0.3, 0.4) is 0 Å². The van der Waals surface area contributed by atoms with Gasteiger partial charge in [-0.3, -0.25) is 14.9 Å². The van der Waals surface area contributed by atoms with Crippen molar-refractivity contribution >= 4 is 23.4 Å². The van der Waals surface area contributed by atoms with Crippen molar-refractivity contribution in [2.24, 2.45) is 0 Å². The summed E-state index contributed by atoms with van der Waals surface area (Å²) in [5.74, 6) is -0.753. The number of nitrogens with zero attached hydrogens (tertiary/aromatic N) is 1. The van der Waals surface area contributed by atoms with Crippen LogP contribution in [0.1, 0.15) is 10.4 Å². The van der Waals surface area contributed by atoms with Crippen molar-refractivity contribution in [3.63, 3.8) is 0 Å². The van der Waals surface area contributed by atoms with Crippen LogP contribution in [-0.2, 0) is 0 Å². The van der Waals surface area contributed by atoms with E-state index < -0.39 is 22.3 Å². The zero-order valence-corrected chi connectivity index (χ0v) is 12.3. The van der Waals surface area contributed by atoms with Gasteiger partial charge in [-0.2, -0.15) is 4.39 Å². The first-order chi connectivity index (χ1) is 10.6. The van der Waals surface area contributed by atoms with E-state index in [0.717, 1.165) is 17.0 Å². The molecule has 0 fully saturated rings. The molecule has 0 radical (unpaired) electrons. The summed E-state index contributed by atoms with van der Waals surface area (Å²) in [5, 5.41) is 13.3. The highest BCUT2D eigenvalue weighted by Gasteiger charge is 2.17. The van der Waals surface area contributed by atoms with Crippen molar-refractivity contribution in [1.82, 2.24) is 5.32 Å². The number of halogens is 1. The van der Waals surface area contributed by atoms with E-state index >= 15 is 0 Å². The molecule has 0 aliphatic heterocycles. The molecule has 1 amide bonds. The van der Waals surface area contributed by atoms with Crippen LogP contribution in [0.15, 0.2) is 53.4 Å². The summed E-state index contributed by atoms with van der Waals surface area (Å²) in [6.07, 6.45) is 0. The average Bonchev–Trinajstić information content (AvgIpc) is 2.52. The molecule has 22 heavy (non-hydrogen) atoms. The highest BCUT2D eigenvalue weighted by atomic mass is 32.2. The van der Waals surface area contributed by atoms with Crippen molar-refractivity contribution in [2.45, 2.75) is 4.90 Å². The van der Waals surface area contributed by atoms with E-state index in [1.54, 1.807) is 11.8 Å². The largest absolute Gasteiger partial charge is 0.351 e. The molecule has 2 rings (SSSR count). The number of amides is 1. The number of hydrogen-bond acceptors (Lipinski definition) is 4. The van der Waals surface area contributed by atoms with Gasteiger partial charge in [0.1, 0.15) is 0 Å². The van der Waals surface area contributed by atoms with Crippen LogP contribution < -0.4 is 5.32 Å². The summed E-state index contributed by atoms with van der Waals surface area (Å²) in [6, 6.07) is 12.8. The molecule has 0 aromatic heterocycles. The van der Waals surface area contributed by atoms with Gasteiger partial charge in [-0.05, 0) is 24.3 Å². The van der Waals surface area contributed by atoms with E-state index in [-0.39, 0.29) is 5.56 Å². The normalized spacial score (nSPS) is 10.2. The molecule has 0 aliphatic rings. The molecule has 7 heteroatoms. The summed E-state index contributed by atoms with van der Waals surface area (Å²) in [7, 11) is 0. The molecule has 0 aliphatic carbocycles. The maximum absolute atomic E-state index is 13.2. The number of carbonyl (C=O) groups excluding carboxylic acids is 1. The monoisotopic (exact) mass is 320 g/mol. The van der Waals surface area contributed by atoms with Gasteiger partial charge in [-0.25, -0.2) is 0 Å². The number of nitro benzene ring substituents is 1. The van der Waals surface area contributed by atoms with E-state index in [0.29, 0.717) is 12.3 Å². The summed E-state index contributed by atoms with van der Waals surface area (Å²) in [4.78, 5) is 22.8. The fourth-order valence-corrected chi connectivity index (χ4v) is 2.54. The minimum atomic E-state index is -0.957. The van der Waals surface area contributed by atoms with Crippen LogP contribution in [0.2, 0.25) is 0 Å². The topological polar surface area (TPSA) is 72.2 Å². The maximum Gasteiger partial charge on any atom is 0.305 e. The standard InChI is InChI=1S/C15H13FN2O3S/c16-13-7-6-11(10-14(13)18(20)21)15(19)17-8-9-22-12-4-2-1-3-5-12/h1-7,10H,8-9H2,(H,17,19). The lowest BCUT2D eigenvalue weighted by Gasteiger charge is -2.05. The fourth-order valence-electron chi connectivity index (χ4n) is 1.75. The van der Waals surface area contributed by atoms with E-state index in [1.165, 1.54) is 6.07 Å². The molecule has 5 nitrogen and oxygen atoms in total. The fraction of sp³-hybridized carbons (Fsp3) is 0.133. The molecule has 0 heterocycles. The molecular weight excluding hydrogens is 307 g/mol. The van der Waals surface area contributed by atoms with E-state index in [4.69, 9.17) is 0 Å². The molecule has 0 atom stereocenters. The van der Waals surface area contributed by atoms with Gasteiger partial charge in [0.15, 0.2) is 0 Å². The lowest BCUT2D eigenvalue weighted by atomic mass is 10.2. The second-order valence-electron chi connectivity index (χ2n) is 4.34. The Morgan fingerprint density at radius 1 is 1.23 bits per heavy atom. The number of rotatable bonds is 6. The average molecular weight is 320 g/mol. The second kappa shape index (κ2) is 7.56. The number of benzene rings is 2. The van der Waals surface area contributed by atoms with Crippen molar-refractivity contribution < 1.29 is 14.1 Å². The van der Waals surface area contributed by atoms with Crippen LogP contribution in [0.4, 0.5) is 10.1 Å². The molecule has 0 unspecified atom stereocenters. The summed E-state index contributed by atoms with van der Waals surface area (Å²) >= 11 is 1.59. The first-order valence-corrected chi connectivity index (χ1v) is 7.46. The molecule has 1 N–H and O–H groups in total. The Kier molecular flexibility index (Phi) is 5.48. The van der Waals surface area contributed by atoms with Gasteiger partial charge in [-0.1, -0.05) is 18.2 Å². The summed E-state index contributed by atoms with van der Waals surface area (Å²) in [5.41, 5.74) is -0.635. The molecule has 114 valence electrons. The maximum atomic E-state index is 13.2. The Morgan fingerprint density at radius 2 is 1.95 bits per heavy atom. The third kappa shape index (κ3) is 4.29. The van der Waals surface area contributed by atoms with Gasteiger partial charge in [0.05, 0.1) is 4.92 Å². The quantitative estimate of drug-likeness (QED) is 0.384. The number of carbonyl (C=O) groups is 1. The number of nitrogens with one attached hydrogen (secondary N) is 1. The van der Waals surface area contributed by atoms with Crippen molar-refractivity contribution in [3.05, 3.63) is 70.0 Å². The first kappa shape index (κ1) is 16.0. The van der Waals surface area contributed by atoms with E-state index in [2.05, 4.69) is 5.32 Å². The number of thioether (sulfide) groups is 1. The van der Waals surface area contributed by atoms with Gasteiger partial charge in [0.2, 0.25) is 5.82 Å². The van der Waals surface area contributed by atoms with Crippen LogP contribution in [-0.4, -0.2) is 23.1 Å². The van der Waals surface area contributed by atoms with Crippen LogP contribution in [0.5, 0.6) is 0 Å².